The zero-order chi connectivity index (χ0) is 22.9. The molecule has 1 aliphatic rings. The van der Waals surface area contributed by atoms with Crippen molar-refractivity contribution in [3.05, 3.63) is 107 Å². The molecule has 0 amide bonds. The summed E-state index contributed by atoms with van der Waals surface area (Å²) in [6.45, 7) is 4.40. The van der Waals surface area contributed by atoms with Crippen LogP contribution in [-0.4, -0.2) is 10.1 Å². The quantitative estimate of drug-likeness (QED) is 0.279. The van der Waals surface area contributed by atoms with E-state index in [1.165, 1.54) is 5.56 Å². The molecule has 4 nitrogen and oxygen atoms in total. The molecule has 4 aromatic rings. The minimum atomic E-state index is -0.165. The van der Waals surface area contributed by atoms with Gasteiger partial charge in [0.15, 0.2) is 5.11 Å². The summed E-state index contributed by atoms with van der Waals surface area (Å²) in [5.41, 5.74) is 4.28. The van der Waals surface area contributed by atoms with Crippen LogP contribution in [0.3, 0.4) is 0 Å². The number of nitrogens with zero attached hydrogens (tertiary/aromatic N) is 2. The Morgan fingerprint density at radius 2 is 1.73 bits per heavy atom. The van der Waals surface area contributed by atoms with Gasteiger partial charge in [0, 0.05) is 21.9 Å². The maximum absolute atomic E-state index is 6.42. The molecular weight excluding hydrogens is 494 g/mol. The van der Waals surface area contributed by atoms with Crippen LogP contribution in [0.5, 0.6) is 0 Å². The summed E-state index contributed by atoms with van der Waals surface area (Å²) in [5.74, 6) is 2.13. The minimum absolute atomic E-state index is 0.132. The molecule has 1 N–H and O–H groups in total. The molecule has 0 aliphatic carbocycles. The summed E-state index contributed by atoms with van der Waals surface area (Å²) in [4.78, 5) is 6.76. The molecule has 166 valence electrons. The maximum Gasteiger partial charge on any atom is 0.174 e. The average Bonchev–Trinajstić information content (AvgIpc) is 3.45. The number of anilines is 1. The number of aromatic nitrogens is 1. The number of halogens is 1. The Balaban J connectivity index is 1.57. The molecule has 1 saturated heterocycles. The van der Waals surface area contributed by atoms with Crippen LogP contribution >= 0.6 is 28.1 Å². The van der Waals surface area contributed by atoms with Crippen molar-refractivity contribution >= 4 is 38.9 Å². The second-order valence-electron chi connectivity index (χ2n) is 8.45. The zero-order valence-corrected chi connectivity index (χ0v) is 20.8. The molecule has 33 heavy (non-hydrogen) atoms. The van der Waals surface area contributed by atoms with E-state index in [-0.39, 0.29) is 12.1 Å². The van der Waals surface area contributed by atoms with E-state index in [4.69, 9.17) is 16.6 Å². The second-order valence-corrected chi connectivity index (χ2v) is 9.75. The number of furan rings is 1. The van der Waals surface area contributed by atoms with E-state index in [1.807, 2.05) is 60.8 Å². The fourth-order valence-corrected chi connectivity index (χ4v) is 4.83. The third kappa shape index (κ3) is 4.33. The molecule has 5 rings (SSSR count). The van der Waals surface area contributed by atoms with Crippen molar-refractivity contribution in [1.82, 2.24) is 10.3 Å². The molecule has 1 aliphatic heterocycles. The zero-order valence-electron chi connectivity index (χ0n) is 18.4. The van der Waals surface area contributed by atoms with Crippen LogP contribution in [0.25, 0.3) is 11.3 Å². The lowest BCUT2D eigenvalue weighted by Crippen LogP contribution is -2.29. The van der Waals surface area contributed by atoms with Crippen molar-refractivity contribution in [2.75, 3.05) is 4.90 Å². The normalized spacial score (nSPS) is 18.1. The Morgan fingerprint density at radius 3 is 2.39 bits per heavy atom. The maximum atomic E-state index is 6.42. The number of hydrogen-bond donors (Lipinski definition) is 1. The number of pyridine rings is 1. The van der Waals surface area contributed by atoms with Gasteiger partial charge < -0.3 is 14.6 Å². The molecule has 2 atom stereocenters. The standard InChI is InChI=1S/C27H24BrN3OS/c1-17(2)18-8-12-21(13-9-18)31-26(25(30-27(31)33)22-5-3-4-16-29-22)24-15-14-23(32-24)19-6-10-20(28)11-7-19/h3-17,25-26H,1-2H3,(H,30,33)/t25-,26-/m1/s1. The van der Waals surface area contributed by atoms with Gasteiger partial charge in [0.1, 0.15) is 17.6 Å². The van der Waals surface area contributed by atoms with Crippen LogP contribution in [0.1, 0.15) is 48.9 Å². The van der Waals surface area contributed by atoms with Gasteiger partial charge in [-0.3, -0.25) is 4.98 Å². The topological polar surface area (TPSA) is 41.3 Å². The number of nitrogens with one attached hydrogen (secondary N) is 1. The van der Waals surface area contributed by atoms with Crippen LogP contribution in [-0.2, 0) is 0 Å². The second kappa shape index (κ2) is 9.12. The summed E-state index contributed by atoms with van der Waals surface area (Å²) >= 11 is 9.31. The lowest BCUT2D eigenvalue weighted by molar-refractivity contribution is 0.439. The molecule has 2 aromatic heterocycles. The van der Waals surface area contributed by atoms with E-state index in [2.05, 4.69) is 69.2 Å². The first-order valence-electron chi connectivity index (χ1n) is 11.0. The summed E-state index contributed by atoms with van der Waals surface area (Å²) in [7, 11) is 0. The third-order valence-electron chi connectivity index (χ3n) is 5.98. The van der Waals surface area contributed by atoms with Crippen molar-refractivity contribution in [2.45, 2.75) is 31.8 Å². The van der Waals surface area contributed by atoms with Gasteiger partial charge in [0.05, 0.1) is 11.7 Å². The highest BCUT2D eigenvalue weighted by Gasteiger charge is 2.42. The van der Waals surface area contributed by atoms with Crippen molar-refractivity contribution in [2.24, 2.45) is 0 Å². The van der Waals surface area contributed by atoms with Gasteiger partial charge in [-0.15, -0.1) is 0 Å². The smallest absolute Gasteiger partial charge is 0.174 e. The third-order valence-corrected chi connectivity index (χ3v) is 6.83. The highest BCUT2D eigenvalue weighted by molar-refractivity contribution is 9.10. The first kappa shape index (κ1) is 21.9. The monoisotopic (exact) mass is 517 g/mol. The van der Waals surface area contributed by atoms with E-state index in [9.17, 15) is 0 Å². The fourth-order valence-electron chi connectivity index (χ4n) is 4.22. The molecule has 2 aromatic carbocycles. The van der Waals surface area contributed by atoms with E-state index in [1.54, 1.807) is 0 Å². The molecular formula is C27H24BrN3OS. The van der Waals surface area contributed by atoms with Gasteiger partial charge in [0.25, 0.3) is 0 Å². The van der Waals surface area contributed by atoms with Crippen molar-refractivity contribution in [3.63, 3.8) is 0 Å². The van der Waals surface area contributed by atoms with Crippen LogP contribution in [0.2, 0.25) is 0 Å². The van der Waals surface area contributed by atoms with Crippen molar-refractivity contribution < 1.29 is 4.42 Å². The number of thiocarbonyl (C=S) groups is 1. The summed E-state index contributed by atoms with van der Waals surface area (Å²) in [5, 5.41) is 4.15. The number of benzene rings is 2. The Labute approximate surface area is 207 Å². The SMILES string of the molecule is CC(C)c1ccc(N2C(=S)N[C@H](c3ccccn3)[C@H]2c2ccc(-c3ccc(Br)cc3)o2)cc1. The Kier molecular flexibility index (Phi) is 6.04. The predicted octanol–water partition coefficient (Wildman–Crippen LogP) is 7.40. The Morgan fingerprint density at radius 1 is 0.970 bits per heavy atom. The largest absolute Gasteiger partial charge is 0.459 e. The molecule has 0 spiro atoms. The van der Waals surface area contributed by atoms with Gasteiger partial charge >= 0.3 is 0 Å². The average molecular weight is 518 g/mol. The molecule has 0 radical (unpaired) electrons. The van der Waals surface area contributed by atoms with Crippen LogP contribution in [0.15, 0.2) is 93.9 Å². The van der Waals surface area contributed by atoms with Crippen molar-refractivity contribution in [1.29, 1.82) is 0 Å². The lowest BCUT2D eigenvalue weighted by Gasteiger charge is -2.26. The van der Waals surface area contributed by atoms with Gasteiger partial charge in [-0.2, -0.15) is 0 Å². The van der Waals surface area contributed by atoms with E-state index in [0.29, 0.717) is 11.0 Å². The molecule has 6 heteroatoms. The molecule has 1 fully saturated rings. The van der Waals surface area contributed by atoms with Crippen LogP contribution in [0.4, 0.5) is 5.69 Å². The van der Waals surface area contributed by atoms with E-state index in [0.717, 1.165) is 32.9 Å². The van der Waals surface area contributed by atoms with Crippen LogP contribution < -0.4 is 10.2 Å². The number of rotatable bonds is 5. The van der Waals surface area contributed by atoms with Gasteiger partial charge in [0.2, 0.25) is 0 Å². The molecule has 0 bridgehead atoms. The highest BCUT2D eigenvalue weighted by atomic mass is 79.9. The van der Waals surface area contributed by atoms with Gasteiger partial charge in [-0.25, -0.2) is 0 Å². The van der Waals surface area contributed by atoms with Gasteiger partial charge in [-0.05, 0) is 72.2 Å². The van der Waals surface area contributed by atoms with E-state index < -0.39 is 0 Å². The highest BCUT2D eigenvalue weighted by Crippen LogP contribution is 2.43. The first-order chi connectivity index (χ1) is 16.0. The lowest BCUT2D eigenvalue weighted by atomic mass is 10.0. The predicted molar refractivity (Wildman–Crippen MR) is 140 cm³/mol. The summed E-state index contributed by atoms with van der Waals surface area (Å²) in [6.07, 6.45) is 1.81. The Hall–Kier alpha value is -2.96. The van der Waals surface area contributed by atoms with E-state index >= 15 is 0 Å². The molecule has 3 heterocycles. The van der Waals surface area contributed by atoms with Crippen LogP contribution in [0, 0.1) is 0 Å². The fraction of sp³-hybridized carbons (Fsp3) is 0.185. The van der Waals surface area contributed by atoms with Gasteiger partial charge in [-0.1, -0.05) is 60.1 Å². The van der Waals surface area contributed by atoms with Crippen molar-refractivity contribution in [3.8, 4) is 11.3 Å². The summed E-state index contributed by atoms with van der Waals surface area (Å²) in [6, 6.07) is 26.5. The molecule has 0 unspecified atom stereocenters. The number of hydrogen-bond acceptors (Lipinski definition) is 3. The summed E-state index contributed by atoms with van der Waals surface area (Å²) < 4.78 is 7.46. The Bertz CT molecular complexity index is 1250. The first-order valence-corrected chi connectivity index (χ1v) is 12.2. The minimum Gasteiger partial charge on any atom is -0.459 e. The molecule has 0 saturated carbocycles.